The predicted octanol–water partition coefficient (Wildman–Crippen LogP) is 2.31. The number of carbonyl (C=O) groups is 1. The number of amides is 1. The molecule has 1 aliphatic rings. The van der Waals surface area contributed by atoms with Gasteiger partial charge in [-0.3, -0.25) is 4.79 Å². The highest BCUT2D eigenvalue weighted by molar-refractivity contribution is 9.10. The van der Waals surface area contributed by atoms with E-state index in [4.69, 9.17) is 11.6 Å². The Kier molecular flexibility index (Phi) is 3.52. The summed E-state index contributed by atoms with van der Waals surface area (Å²) in [5.74, 6) is -0.117. The van der Waals surface area contributed by atoms with Gasteiger partial charge in [0.25, 0.3) is 5.91 Å². The SMILES string of the molecule is O=C(c1ccc(Br)cc1Cl)N1CCC(O)C1. The molecule has 0 aliphatic carbocycles. The Morgan fingerprint density at radius 1 is 1.56 bits per heavy atom. The molecule has 1 aliphatic heterocycles. The number of carbonyl (C=O) groups excluding carboxylic acids is 1. The Morgan fingerprint density at radius 2 is 2.31 bits per heavy atom. The van der Waals surface area contributed by atoms with Crippen molar-refractivity contribution in [2.75, 3.05) is 13.1 Å². The first kappa shape index (κ1) is 11.9. The molecule has 0 saturated carbocycles. The highest BCUT2D eigenvalue weighted by Crippen LogP contribution is 2.24. The van der Waals surface area contributed by atoms with E-state index in [1.807, 2.05) is 0 Å². The summed E-state index contributed by atoms with van der Waals surface area (Å²) in [7, 11) is 0. The molecule has 16 heavy (non-hydrogen) atoms. The maximum Gasteiger partial charge on any atom is 0.255 e. The smallest absolute Gasteiger partial charge is 0.255 e. The second-order valence-corrected chi connectivity index (χ2v) is 5.14. The predicted molar refractivity (Wildman–Crippen MR) is 65.7 cm³/mol. The average Bonchev–Trinajstić information content (AvgIpc) is 2.64. The van der Waals surface area contributed by atoms with Crippen LogP contribution in [0.3, 0.4) is 0 Å². The van der Waals surface area contributed by atoms with Gasteiger partial charge in [-0.05, 0) is 24.6 Å². The van der Waals surface area contributed by atoms with Crippen molar-refractivity contribution in [3.8, 4) is 0 Å². The van der Waals surface area contributed by atoms with Crippen LogP contribution in [0.15, 0.2) is 22.7 Å². The fraction of sp³-hybridized carbons (Fsp3) is 0.364. The normalized spacial score (nSPS) is 20.2. The van der Waals surface area contributed by atoms with Crippen LogP contribution in [0.2, 0.25) is 5.02 Å². The molecular formula is C11H11BrClNO2. The molecule has 0 bridgehead atoms. The van der Waals surface area contributed by atoms with Crippen molar-refractivity contribution in [2.45, 2.75) is 12.5 Å². The van der Waals surface area contributed by atoms with Crippen LogP contribution < -0.4 is 0 Å². The number of halogens is 2. The number of benzene rings is 1. The van der Waals surface area contributed by atoms with Crippen LogP contribution in [-0.2, 0) is 0 Å². The number of aliphatic hydroxyl groups excluding tert-OH is 1. The van der Waals surface area contributed by atoms with Crippen LogP contribution in [0.4, 0.5) is 0 Å². The van der Waals surface area contributed by atoms with Crippen molar-refractivity contribution in [2.24, 2.45) is 0 Å². The van der Waals surface area contributed by atoms with Gasteiger partial charge in [0.15, 0.2) is 0 Å². The van der Waals surface area contributed by atoms with Gasteiger partial charge in [0.2, 0.25) is 0 Å². The monoisotopic (exact) mass is 303 g/mol. The Bertz CT molecular complexity index is 424. The van der Waals surface area contributed by atoms with E-state index in [0.29, 0.717) is 30.1 Å². The van der Waals surface area contributed by atoms with E-state index < -0.39 is 6.10 Å². The lowest BCUT2D eigenvalue weighted by Crippen LogP contribution is -2.29. The Hall–Kier alpha value is -0.580. The van der Waals surface area contributed by atoms with E-state index >= 15 is 0 Å². The third kappa shape index (κ3) is 2.39. The molecular weight excluding hydrogens is 293 g/mol. The van der Waals surface area contributed by atoms with Gasteiger partial charge < -0.3 is 10.0 Å². The Labute approximate surface area is 107 Å². The minimum atomic E-state index is -0.404. The second-order valence-electron chi connectivity index (χ2n) is 3.82. The van der Waals surface area contributed by atoms with E-state index in [-0.39, 0.29) is 5.91 Å². The van der Waals surface area contributed by atoms with Crippen molar-refractivity contribution in [3.05, 3.63) is 33.3 Å². The number of aliphatic hydroxyl groups is 1. The molecule has 1 aromatic carbocycles. The molecule has 86 valence electrons. The van der Waals surface area contributed by atoms with E-state index in [2.05, 4.69) is 15.9 Å². The van der Waals surface area contributed by atoms with Crippen LogP contribution in [0.5, 0.6) is 0 Å². The molecule has 5 heteroatoms. The molecule has 0 radical (unpaired) electrons. The molecule has 0 aromatic heterocycles. The summed E-state index contributed by atoms with van der Waals surface area (Å²) in [5.41, 5.74) is 0.485. The Balaban J connectivity index is 2.21. The van der Waals surface area contributed by atoms with Gasteiger partial charge in [-0.25, -0.2) is 0 Å². The molecule has 1 fully saturated rings. The van der Waals surface area contributed by atoms with Crippen molar-refractivity contribution >= 4 is 33.4 Å². The molecule has 1 N–H and O–H groups in total. The first-order valence-electron chi connectivity index (χ1n) is 5.00. The molecule has 1 atom stereocenters. The number of rotatable bonds is 1. The molecule has 1 amide bonds. The van der Waals surface area contributed by atoms with E-state index in [1.165, 1.54) is 0 Å². The second kappa shape index (κ2) is 4.73. The molecule has 0 spiro atoms. The molecule has 1 saturated heterocycles. The van der Waals surface area contributed by atoms with Crippen LogP contribution in [-0.4, -0.2) is 35.1 Å². The standard InChI is InChI=1S/C11H11BrClNO2/c12-7-1-2-9(10(13)5-7)11(16)14-4-3-8(15)6-14/h1-2,5,8,15H,3-4,6H2. The molecule has 1 heterocycles. The zero-order valence-corrected chi connectivity index (χ0v) is 10.8. The van der Waals surface area contributed by atoms with Gasteiger partial charge in [-0.1, -0.05) is 27.5 Å². The zero-order chi connectivity index (χ0) is 11.7. The first-order chi connectivity index (χ1) is 7.58. The van der Waals surface area contributed by atoms with Crippen molar-refractivity contribution in [3.63, 3.8) is 0 Å². The van der Waals surface area contributed by atoms with Gasteiger partial charge in [0, 0.05) is 17.6 Å². The van der Waals surface area contributed by atoms with E-state index in [0.717, 1.165) is 4.47 Å². The summed E-state index contributed by atoms with van der Waals surface area (Å²) in [5, 5.41) is 9.81. The van der Waals surface area contributed by atoms with E-state index in [9.17, 15) is 9.90 Å². The van der Waals surface area contributed by atoms with Crippen molar-refractivity contribution in [1.29, 1.82) is 0 Å². The number of β-amino-alcohol motifs (C(OH)–C–C–N with tert-alkyl or cyclic N) is 1. The summed E-state index contributed by atoms with van der Waals surface area (Å²) in [6, 6.07) is 5.17. The van der Waals surface area contributed by atoms with Gasteiger partial charge in [0.1, 0.15) is 0 Å². The zero-order valence-electron chi connectivity index (χ0n) is 8.49. The van der Waals surface area contributed by atoms with Gasteiger partial charge in [-0.15, -0.1) is 0 Å². The highest BCUT2D eigenvalue weighted by atomic mass is 79.9. The maximum absolute atomic E-state index is 12.0. The number of hydrogen-bond acceptors (Lipinski definition) is 2. The minimum Gasteiger partial charge on any atom is -0.391 e. The van der Waals surface area contributed by atoms with Gasteiger partial charge >= 0.3 is 0 Å². The maximum atomic E-state index is 12.0. The summed E-state index contributed by atoms with van der Waals surface area (Å²) >= 11 is 9.29. The summed E-state index contributed by atoms with van der Waals surface area (Å²) < 4.78 is 0.843. The summed E-state index contributed by atoms with van der Waals surface area (Å²) in [6.07, 6.45) is 0.234. The van der Waals surface area contributed by atoms with Crippen molar-refractivity contribution < 1.29 is 9.90 Å². The fourth-order valence-corrected chi connectivity index (χ4v) is 2.51. The quantitative estimate of drug-likeness (QED) is 0.865. The highest BCUT2D eigenvalue weighted by Gasteiger charge is 2.26. The van der Waals surface area contributed by atoms with Crippen LogP contribution in [0.1, 0.15) is 16.8 Å². The number of hydrogen-bond donors (Lipinski definition) is 1. The number of nitrogens with zero attached hydrogens (tertiary/aromatic N) is 1. The summed E-state index contributed by atoms with van der Waals surface area (Å²) in [4.78, 5) is 13.7. The molecule has 2 rings (SSSR count). The van der Waals surface area contributed by atoms with Crippen LogP contribution in [0.25, 0.3) is 0 Å². The number of likely N-dealkylation sites (tertiary alicyclic amines) is 1. The minimum absolute atomic E-state index is 0.117. The van der Waals surface area contributed by atoms with Crippen LogP contribution in [0, 0.1) is 0 Å². The lowest BCUT2D eigenvalue weighted by Gasteiger charge is -2.16. The third-order valence-electron chi connectivity index (χ3n) is 2.61. The lowest BCUT2D eigenvalue weighted by molar-refractivity contribution is 0.0765. The topological polar surface area (TPSA) is 40.5 Å². The fourth-order valence-electron chi connectivity index (χ4n) is 1.76. The van der Waals surface area contributed by atoms with E-state index in [1.54, 1.807) is 23.1 Å². The summed E-state index contributed by atoms with van der Waals surface area (Å²) in [6.45, 7) is 0.984. The van der Waals surface area contributed by atoms with Gasteiger partial charge in [-0.2, -0.15) is 0 Å². The first-order valence-corrected chi connectivity index (χ1v) is 6.17. The molecule has 1 aromatic rings. The Morgan fingerprint density at radius 3 is 2.88 bits per heavy atom. The largest absolute Gasteiger partial charge is 0.391 e. The lowest BCUT2D eigenvalue weighted by atomic mass is 10.2. The van der Waals surface area contributed by atoms with Crippen molar-refractivity contribution in [1.82, 2.24) is 4.90 Å². The molecule has 1 unspecified atom stereocenters. The van der Waals surface area contributed by atoms with Crippen LogP contribution >= 0.6 is 27.5 Å². The third-order valence-corrected chi connectivity index (χ3v) is 3.42. The molecule has 3 nitrogen and oxygen atoms in total. The van der Waals surface area contributed by atoms with Gasteiger partial charge in [0.05, 0.1) is 16.7 Å². The average molecular weight is 305 g/mol.